The van der Waals surface area contributed by atoms with Gasteiger partial charge in [-0.15, -0.1) is 22.7 Å². The Morgan fingerprint density at radius 3 is 1.89 bits per heavy atom. The third kappa shape index (κ3) is 4.99. The third-order valence-electron chi connectivity index (χ3n) is 5.89. The van der Waals surface area contributed by atoms with Gasteiger partial charge in [0.25, 0.3) is 0 Å². The molecule has 0 saturated carbocycles. The predicted octanol–water partition coefficient (Wildman–Crippen LogP) is 7.87. The Labute approximate surface area is 220 Å². The lowest BCUT2D eigenvalue weighted by atomic mass is 10.1. The zero-order chi connectivity index (χ0) is 24.5. The first kappa shape index (κ1) is 24.0. The highest BCUT2D eigenvalue weighted by molar-refractivity contribution is 9.10. The van der Waals surface area contributed by atoms with E-state index in [9.17, 15) is 9.59 Å². The van der Waals surface area contributed by atoms with E-state index in [2.05, 4.69) is 28.1 Å². The van der Waals surface area contributed by atoms with Crippen LogP contribution in [-0.2, 0) is 12.8 Å². The summed E-state index contributed by atoms with van der Waals surface area (Å²) in [5.74, 6) is 2.09. The Balaban J connectivity index is 0.000000145. The number of carbonyl (C=O) groups excluding carboxylic acids is 2. The number of thiophene rings is 2. The Hall–Kier alpha value is -2.74. The van der Waals surface area contributed by atoms with Gasteiger partial charge in [0.05, 0.1) is 23.0 Å². The summed E-state index contributed by atoms with van der Waals surface area (Å²) in [6.45, 7) is 4.57. The quantitative estimate of drug-likeness (QED) is 0.232. The van der Waals surface area contributed by atoms with Gasteiger partial charge in [-0.3, -0.25) is 9.59 Å². The zero-order valence-electron chi connectivity index (χ0n) is 19.4. The van der Waals surface area contributed by atoms with Gasteiger partial charge >= 0.3 is 0 Å². The maximum Gasteiger partial charge on any atom is 0.169 e. The minimum Gasteiger partial charge on any atom is -0.493 e. The van der Waals surface area contributed by atoms with E-state index in [0.717, 1.165) is 54.6 Å². The van der Waals surface area contributed by atoms with Gasteiger partial charge in [-0.2, -0.15) is 0 Å². The first-order chi connectivity index (χ1) is 16.9. The highest BCUT2D eigenvalue weighted by atomic mass is 79.9. The number of halogens is 1. The number of hydrogen-bond acceptors (Lipinski definition) is 6. The summed E-state index contributed by atoms with van der Waals surface area (Å²) in [7, 11) is 0. The summed E-state index contributed by atoms with van der Waals surface area (Å²) in [6, 6.07) is 18.0. The molecule has 0 spiro atoms. The molecule has 0 N–H and O–H groups in total. The highest BCUT2D eigenvalue weighted by Gasteiger charge is 2.21. The summed E-state index contributed by atoms with van der Waals surface area (Å²) in [6.07, 6.45) is 1.72. The Bertz CT molecular complexity index is 1430. The molecular formula is C28H23BrO4S2. The molecule has 0 radical (unpaired) electrons. The molecule has 7 heteroatoms. The van der Waals surface area contributed by atoms with E-state index < -0.39 is 0 Å². The largest absolute Gasteiger partial charge is 0.493 e. The van der Waals surface area contributed by atoms with Crippen molar-refractivity contribution in [3.8, 4) is 32.4 Å². The number of hydrogen-bond donors (Lipinski definition) is 0. The van der Waals surface area contributed by atoms with Crippen molar-refractivity contribution < 1.29 is 19.1 Å². The van der Waals surface area contributed by atoms with Crippen molar-refractivity contribution in [1.82, 2.24) is 0 Å². The third-order valence-corrected chi connectivity index (χ3v) is 9.00. The van der Waals surface area contributed by atoms with Crippen LogP contribution in [0.5, 0.6) is 11.5 Å². The first-order valence-corrected chi connectivity index (χ1v) is 13.8. The van der Waals surface area contributed by atoms with Gasteiger partial charge in [0.1, 0.15) is 11.5 Å². The highest BCUT2D eigenvalue weighted by Crippen LogP contribution is 2.42. The molecule has 0 bridgehead atoms. The molecule has 0 unspecified atom stereocenters. The van der Waals surface area contributed by atoms with E-state index in [4.69, 9.17) is 9.47 Å². The van der Waals surface area contributed by atoms with Gasteiger partial charge in [0.2, 0.25) is 0 Å². The normalized spacial score (nSPS) is 13.2. The topological polar surface area (TPSA) is 52.6 Å². The first-order valence-electron chi connectivity index (χ1n) is 11.3. The van der Waals surface area contributed by atoms with E-state index in [-0.39, 0.29) is 11.6 Å². The maximum absolute atomic E-state index is 11.5. The molecule has 2 aliphatic rings. The van der Waals surface area contributed by atoms with Crippen LogP contribution in [-0.4, -0.2) is 24.8 Å². The van der Waals surface area contributed by atoms with Crippen molar-refractivity contribution in [3.05, 3.63) is 80.0 Å². The smallest absolute Gasteiger partial charge is 0.169 e. The second-order valence-corrected chi connectivity index (χ2v) is 11.4. The molecule has 2 aromatic heterocycles. The minimum absolute atomic E-state index is 0.130. The molecular weight excluding hydrogens is 544 g/mol. The average Bonchev–Trinajstić information content (AvgIpc) is 3.37. The van der Waals surface area contributed by atoms with E-state index in [0.29, 0.717) is 13.2 Å². The van der Waals surface area contributed by atoms with Crippen LogP contribution in [0, 0.1) is 0 Å². The second-order valence-electron chi connectivity index (χ2n) is 8.38. The van der Waals surface area contributed by atoms with Crippen molar-refractivity contribution >= 4 is 50.2 Å². The predicted molar refractivity (Wildman–Crippen MR) is 146 cm³/mol. The fraction of sp³-hybridized carbons (Fsp3) is 0.214. The number of ketones is 2. The van der Waals surface area contributed by atoms with E-state index in [1.807, 2.05) is 42.5 Å². The monoisotopic (exact) mass is 566 g/mol. The van der Waals surface area contributed by atoms with Crippen molar-refractivity contribution in [2.75, 3.05) is 13.2 Å². The summed E-state index contributed by atoms with van der Waals surface area (Å²) >= 11 is 6.61. The minimum atomic E-state index is 0.130. The lowest BCUT2D eigenvalue weighted by Crippen LogP contribution is -1.98. The van der Waals surface area contributed by atoms with Crippen molar-refractivity contribution in [2.45, 2.75) is 26.7 Å². The van der Waals surface area contributed by atoms with Gasteiger partial charge in [-0.05, 0) is 67.4 Å². The van der Waals surface area contributed by atoms with Gasteiger partial charge in [0, 0.05) is 38.2 Å². The van der Waals surface area contributed by atoms with E-state index in [1.54, 1.807) is 36.5 Å². The Morgan fingerprint density at radius 2 is 1.29 bits per heavy atom. The van der Waals surface area contributed by atoms with Crippen molar-refractivity contribution in [2.24, 2.45) is 0 Å². The molecule has 2 aromatic carbocycles. The van der Waals surface area contributed by atoms with Crippen LogP contribution >= 0.6 is 38.6 Å². The number of rotatable bonds is 2. The molecule has 0 atom stereocenters. The maximum atomic E-state index is 11.5. The molecule has 4 aromatic rings. The zero-order valence-corrected chi connectivity index (χ0v) is 22.6. The van der Waals surface area contributed by atoms with Gasteiger partial charge < -0.3 is 9.47 Å². The number of Topliss-reactive ketones (excluding diaryl/α,β-unsaturated/α-hetero) is 2. The van der Waals surface area contributed by atoms with Crippen LogP contribution in [0.2, 0.25) is 0 Å². The van der Waals surface area contributed by atoms with Gasteiger partial charge in [-0.1, -0.05) is 28.1 Å². The van der Waals surface area contributed by atoms with Crippen LogP contribution < -0.4 is 9.47 Å². The van der Waals surface area contributed by atoms with Crippen LogP contribution in [0.3, 0.4) is 0 Å². The van der Waals surface area contributed by atoms with Crippen molar-refractivity contribution in [3.63, 3.8) is 0 Å². The Morgan fingerprint density at radius 1 is 0.743 bits per heavy atom. The van der Waals surface area contributed by atoms with Crippen LogP contribution in [0.15, 0.2) is 59.1 Å². The second kappa shape index (κ2) is 10.1. The molecule has 0 amide bonds. The fourth-order valence-electron chi connectivity index (χ4n) is 4.16. The number of ether oxygens (including phenoxy) is 2. The standard InChI is InChI=1S/C14H11BrO2S.C14H12O2S/c1-8(16)13-6-9-4-5-17-12-3-2-10(15)7-11(12)14(9)18-13;1-9(15)13-8-10-6-7-16-12-5-3-2-4-11(12)14(10)17-13/h2-3,6-7H,4-5H2,1H3;2-5,8H,6-7H2,1H3. The molecule has 0 saturated heterocycles. The van der Waals surface area contributed by atoms with Gasteiger partial charge in [-0.25, -0.2) is 0 Å². The molecule has 178 valence electrons. The summed E-state index contributed by atoms with van der Waals surface area (Å²) in [5, 5.41) is 0. The molecule has 4 heterocycles. The molecule has 35 heavy (non-hydrogen) atoms. The van der Waals surface area contributed by atoms with E-state index >= 15 is 0 Å². The van der Waals surface area contributed by atoms with E-state index in [1.165, 1.54) is 16.0 Å². The van der Waals surface area contributed by atoms with Crippen LogP contribution in [0.1, 0.15) is 44.3 Å². The lowest BCUT2D eigenvalue weighted by Gasteiger charge is -2.07. The lowest BCUT2D eigenvalue weighted by molar-refractivity contribution is 0.101. The summed E-state index contributed by atoms with van der Waals surface area (Å²) in [4.78, 5) is 26.9. The molecule has 0 aliphatic carbocycles. The van der Waals surface area contributed by atoms with Crippen LogP contribution in [0.4, 0.5) is 0 Å². The molecule has 0 fully saturated rings. The van der Waals surface area contributed by atoms with Crippen LogP contribution in [0.25, 0.3) is 20.9 Å². The number of para-hydroxylation sites is 1. The number of fused-ring (bicyclic) bond motifs is 6. The molecule has 2 aliphatic heterocycles. The Kier molecular flexibility index (Phi) is 6.91. The number of benzene rings is 2. The fourth-order valence-corrected chi connectivity index (χ4v) is 6.78. The average molecular weight is 568 g/mol. The summed E-state index contributed by atoms with van der Waals surface area (Å²) in [5.41, 5.74) is 4.62. The molecule has 4 nitrogen and oxygen atoms in total. The summed E-state index contributed by atoms with van der Waals surface area (Å²) < 4.78 is 12.5. The van der Waals surface area contributed by atoms with Crippen molar-refractivity contribution in [1.29, 1.82) is 0 Å². The van der Waals surface area contributed by atoms with Gasteiger partial charge in [0.15, 0.2) is 11.6 Å². The molecule has 6 rings (SSSR count). The number of carbonyl (C=O) groups is 2. The SMILES string of the molecule is CC(=O)c1cc2c(s1)-c1cc(Br)ccc1OCC2.CC(=O)c1cc2c(s1)-c1ccccc1OCC2.